The standard InChI is InChI=1S/C30H25N3O4/c1-29(2,19-10-5-4-6-11-19)33-25(34)18-30(28(33)36)22-14-8-7-12-20(22)27(35)32(30)23-15-16-24(37-3)21-13-9-17-31-26(21)23/h4-17H,18H2,1-3H3/t30-/m0/s1. The molecule has 2 aliphatic rings. The summed E-state index contributed by atoms with van der Waals surface area (Å²) in [6.07, 6.45) is 1.48. The Bertz CT molecular complexity index is 1600. The lowest BCUT2D eigenvalue weighted by Crippen LogP contribution is -2.53. The molecule has 3 heterocycles. The van der Waals surface area contributed by atoms with Gasteiger partial charge in [0.1, 0.15) is 5.75 Å². The highest BCUT2D eigenvalue weighted by Gasteiger charge is 2.65. The van der Waals surface area contributed by atoms with Crippen molar-refractivity contribution in [2.45, 2.75) is 31.3 Å². The molecular formula is C30H25N3O4. The zero-order chi connectivity index (χ0) is 25.9. The Morgan fingerprint density at radius 1 is 0.892 bits per heavy atom. The Hall–Kier alpha value is -4.52. The van der Waals surface area contributed by atoms with Gasteiger partial charge in [-0.25, -0.2) is 0 Å². The number of aromatic nitrogens is 1. The summed E-state index contributed by atoms with van der Waals surface area (Å²) in [5.41, 5.74) is 0.296. The van der Waals surface area contributed by atoms with Crippen molar-refractivity contribution >= 4 is 34.3 Å². The van der Waals surface area contributed by atoms with Crippen LogP contribution in [0.25, 0.3) is 10.9 Å². The molecule has 184 valence electrons. The van der Waals surface area contributed by atoms with Crippen LogP contribution in [0, 0.1) is 0 Å². The van der Waals surface area contributed by atoms with Crippen LogP contribution in [0.2, 0.25) is 0 Å². The van der Waals surface area contributed by atoms with Gasteiger partial charge in [0.2, 0.25) is 5.91 Å². The fourth-order valence-electron chi connectivity index (χ4n) is 5.85. The number of hydrogen-bond donors (Lipinski definition) is 0. The predicted molar refractivity (Wildman–Crippen MR) is 139 cm³/mol. The van der Waals surface area contributed by atoms with E-state index in [2.05, 4.69) is 4.98 Å². The molecule has 1 fully saturated rings. The predicted octanol–water partition coefficient (Wildman–Crippen LogP) is 4.79. The highest BCUT2D eigenvalue weighted by atomic mass is 16.5. The molecule has 37 heavy (non-hydrogen) atoms. The van der Waals surface area contributed by atoms with E-state index >= 15 is 0 Å². The molecule has 3 aromatic carbocycles. The number of carbonyl (C=O) groups is 3. The number of fused-ring (bicyclic) bond motifs is 3. The maximum absolute atomic E-state index is 14.6. The first kappa shape index (κ1) is 22.9. The maximum atomic E-state index is 14.6. The van der Waals surface area contributed by atoms with Crippen molar-refractivity contribution in [2.75, 3.05) is 12.0 Å². The number of methoxy groups -OCH3 is 1. The molecule has 0 aliphatic carbocycles. The van der Waals surface area contributed by atoms with E-state index in [0.717, 1.165) is 5.56 Å². The number of amides is 3. The zero-order valence-electron chi connectivity index (χ0n) is 20.8. The topological polar surface area (TPSA) is 79.8 Å². The molecule has 0 N–H and O–H groups in total. The molecule has 7 heteroatoms. The number of anilines is 1. The molecule has 1 atom stereocenters. The van der Waals surface area contributed by atoms with E-state index in [-0.39, 0.29) is 18.2 Å². The van der Waals surface area contributed by atoms with Gasteiger partial charge in [0.25, 0.3) is 11.8 Å². The van der Waals surface area contributed by atoms with Gasteiger partial charge in [-0.2, -0.15) is 0 Å². The Labute approximate surface area is 214 Å². The number of imide groups is 1. The van der Waals surface area contributed by atoms with Crippen molar-refractivity contribution in [1.29, 1.82) is 0 Å². The number of benzene rings is 3. The van der Waals surface area contributed by atoms with E-state index in [1.807, 2.05) is 50.2 Å². The van der Waals surface area contributed by atoms with Crippen molar-refractivity contribution in [3.05, 3.63) is 102 Å². The van der Waals surface area contributed by atoms with Crippen molar-refractivity contribution in [3.8, 4) is 5.75 Å². The zero-order valence-corrected chi connectivity index (χ0v) is 20.8. The van der Waals surface area contributed by atoms with E-state index in [4.69, 9.17) is 4.74 Å². The summed E-state index contributed by atoms with van der Waals surface area (Å²) in [6, 6.07) is 23.7. The van der Waals surface area contributed by atoms with Crippen molar-refractivity contribution < 1.29 is 19.1 Å². The first-order chi connectivity index (χ1) is 17.8. The average Bonchev–Trinajstić information content (AvgIpc) is 3.33. The normalized spacial score (nSPS) is 19.3. The summed E-state index contributed by atoms with van der Waals surface area (Å²) in [6.45, 7) is 3.71. The van der Waals surface area contributed by atoms with E-state index < -0.39 is 17.0 Å². The number of ether oxygens (including phenoxy) is 1. The molecule has 4 aromatic rings. The van der Waals surface area contributed by atoms with Crippen LogP contribution in [0.5, 0.6) is 5.75 Å². The third kappa shape index (κ3) is 3.00. The van der Waals surface area contributed by atoms with Crippen LogP contribution in [0.15, 0.2) is 85.1 Å². The fraction of sp³-hybridized carbons (Fsp3) is 0.200. The summed E-state index contributed by atoms with van der Waals surface area (Å²) in [5, 5.41) is 0.708. The van der Waals surface area contributed by atoms with Gasteiger partial charge >= 0.3 is 0 Å². The monoisotopic (exact) mass is 491 g/mol. The van der Waals surface area contributed by atoms with Crippen LogP contribution in [0.4, 0.5) is 5.69 Å². The second-order valence-electron chi connectivity index (χ2n) is 9.87. The van der Waals surface area contributed by atoms with E-state index in [0.29, 0.717) is 33.5 Å². The number of hydrogen-bond acceptors (Lipinski definition) is 5. The second kappa shape index (κ2) is 8.00. The molecular weight excluding hydrogens is 466 g/mol. The van der Waals surface area contributed by atoms with E-state index in [9.17, 15) is 14.4 Å². The number of nitrogens with zero attached hydrogens (tertiary/aromatic N) is 3. The highest BCUT2D eigenvalue weighted by Crippen LogP contribution is 2.52. The molecule has 0 unspecified atom stereocenters. The van der Waals surface area contributed by atoms with Gasteiger partial charge in [0.15, 0.2) is 5.54 Å². The number of pyridine rings is 1. The van der Waals surface area contributed by atoms with Gasteiger partial charge in [-0.15, -0.1) is 0 Å². The molecule has 0 saturated carbocycles. The van der Waals surface area contributed by atoms with E-state index in [1.165, 1.54) is 9.80 Å². The highest BCUT2D eigenvalue weighted by molar-refractivity contribution is 6.24. The van der Waals surface area contributed by atoms with Crippen molar-refractivity contribution in [3.63, 3.8) is 0 Å². The minimum Gasteiger partial charge on any atom is -0.496 e. The molecule has 1 aromatic heterocycles. The molecule has 0 bridgehead atoms. The minimum atomic E-state index is -1.52. The number of rotatable bonds is 4. The third-order valence-electron chi connectivity index (χ3n) is 7.61. The quantitative estimate of drug-likeness (QED) is 0.384. The maximum Gasteiger partial charge on any atom is 0.261 e. The van der Waals surface area contributed by atoms with Crippen LogP contribution in [-0.4, -0.2) is 34.7 Å². The Kier molecular flexibility index (Phi) is 4.95. The van der Waals surface area contributed by atoms with Gasteiger partial charge in [-0.3, -0.25) is 29.2 Å². The lowest BCUT2D eigenvalue weighted by Gasteiger charge is -2.38. The molecule has 1 spiro atoms. The van der Waals surface area contributed by atoms with Crippen LogP contribution < -0.4 is 9.64 Å². The molecule has 3 amide bonds. The summed E-state index contributed by atoms with van der Waals surface area (Å²) < 4.78 is 5.53. The Balaban J connectivity index is 1.60. The van der Waals surface area contributed by atoms with Gasteiger partial charge < -0.3 is 4.74 Å². The first-order valence-corrected chi connectivity index (χ1v) is 12.1. The third-order valence-corrected chi connectivity index (χ3v) is 7.61. The first-order valence-electron chi connectivity index (χ1n) is 12.1. The van der Waals surface area contributed by atoms with Crippen LogP contribution >= 0.6 is 0 Å². The van der Waals surface area contributed by atoms with Gasteiger partial charge in [-0.1, -0.05) is 48.5 Å². The summed E-state index contributed by atoms with van der Waals surface area (Å²) in [7, 11) is 1.57. The van der Waals surface area contributed by atoms with Crippen LogP contribution in [0.1, 0.15) is 41.8 Å². The summed E-state index contributed by atoms with van der Waals surface area (Å²) in [5.74, 6) is -0.498. The number of likely N-dealkylation sites (tertiary alicyclic amines) is 1. The van der Waals surface area contributed by atoms with Gasteiger partial charge in [0.05, 0.1) is 30.3 Å². The largest absolute Gasteiger partial charge is 0.496 e. The lowest BCUT2D eigenvalue weighted by molar-refractivity contribution is -0.146. The molecule has 0 radical (unpaired) electrons. The Morgan fingerprint density at radius 2 is 1.62 bits per heavy atom. The average molecular weight is 492 g/mol. The fourth-order valence-corrected chi connectivity index (χ4v) is 5.85. The Morgan fingerprint density at radius 3 is 2.38 bits per heavy atom. The van der Waals surface area contributed by atoms with E-state index in [1.54, 1.807) is 55.8 Å². The molecule has 6 rings (SSSR count). The van der Waals surface area contributed by atoms with Gasteiger partial charge in [-0.05, 0) is 49.7 Å². The SMILES string of the molecule is COc1ccc(N2C(=O)c3ccccc3[C@]23CC(=O)N(C(C)(C)c2ccccc2)C3=O)c2ncccc12. The van der Waals surface area contributed by atoms with Crippen molar-refractivity contribution in [2.24, 2.45) is 0 Å². The second-order valence-corrected chi connectivity index (χ2v) is 9.87. The minimum absolute atomic E-state index is 0.162. The smallest absolute Gasteiger partial charge is 0.261 e. The molecule has 1 saturated heterocycles. The number of carbonyl (C=O) groups excluding carboxylic acids is 3. The lowest BCUT2D eigenvalue weighted by atomic mass is 9.86. The molecule has 2 aliphatic heterocycles. The summed E-state index contributed by atoms with van der Waals surface area (Å²) >= 11 is 0. The van der Waals surface area contributed by atoms with Crippen LogP contribution in [-0.2, 0) is 20.7 Å². The van der Waals surface area contributed by atoms with Gasteiger partial charge in [0, 0.05) is 22.7 Å². The summed E-state index contributed by atoms with van der Waals surface area (Å²) in [4.78, 5) is 49.7. The molecule has 7 nitrogen and oxygen atoms in total. The van der Waals surface area contributed by atoms with Crippen molar-refractivity contribution in [1.82, 2.24) is 9.88 Å². The van der Waals surface area contributed by atoms with Crippen LogP contribution in [0.3, 0.4) is 0 Å².